The zero-order valence-corrected chi connectivity index (χ0v) is 19.9. The molecule has 1 aromatic heterocycles. The Bertz CT molecular complexity index is 878. The molecule has 0 amide bonds. The molecule has 30 heavy (non-hydrogen) atoms. The number of nitrogens with zero attached hydrogens (tertiary/aromatic N) is 4. The molecule has 7 nitrogen and oxygen atoms in total. The Morgan fingerprint density at radius 2 is 2.10 bits per heavy atom. The third-order valence-electron chi connectivity index (χ3n) is 5.17. The number of hydrogen-bond acceptors (Lipinski definition) is 4. The number of aryl methyl sites for hydroxylation is 1. The van der Waals surface area contributed by atoms with Crippen LogP contribution >= 0.6 is 24.0 Å². The van der Waals surface area contributed by atoms with Gasteiger partial charge in [-0.15, -0.1) is 24.0 Å². The van der Waals surface area contributed by atoms with Crippen LogP contribution in [0.3, 0.4) is 0 Å². The molecule has 1 aliphatic heterocycles. The molecule has 0 bridgehead atoms. The van der Waals surface area contributed by atoms with E-state index in [1.807, 2.05) is 19.9 Å². The van der Waals surface area contributed by atoms with Gasteiger partial charge in [0.1, 0.15) is 11.6 Å². The van der Waals surface area contributed by atoms with Crippen molar-refractivity contribution in [3.63, 3.8) is 0 Å². The average Bonchev–Trinajstić information content (AvgIpc) is 3.15. The second-order valence-corrected chi connectivity index (χ2v) is 7.04. The molecule has 1 aliphatic rings. The third kappa shape index (κ3) is 5.71. The molecule has 2 heterocycles. The van der Waals surface area contributed by atoms with Crippen LogP contribution < -0.4 is 5.32 Å². The van der Waals surface area contributed by atoms with E-state index in [1.54, 1.807) is 30.1 Å². The molecule has 0 aliphatic carbocycles. The lowest BCUT2D eigenvalue weighted by Gasteiger charge is -2.33. The predicted molar refractivity (Wildman–Crippen MR) is 125 cm³/mol. The molecule has 1 aromatic carbocycles. The van der Waals surface area contributed by atoms with Crippen LogP contribution in [0.2, 0.25) is 0 Å². The third-order valence-corrected chi connectivity index (χ3v) is 5.17. The Kier molecular flexibility index (Phi) is 9.07. The van der Waals surface area contributed by atoms with Gasteiger partial charge >= 0.3 is 5.97 Å². The second-order valence-electron chi connectivity index (χ2n) is 7.04. The van der Waals surface area contributed by atoms with Crippen LogP contribution in [0.25, 0.3) is 5.69 Å². The first-order valence-corrected chi connectivity index (χ1v) is 9.94. The number of likely N-dealkylation sites (tertiary alicyclic amines) is 1. The van der Waals surface area contributed by atoms with Crippen molar-refractivity contribution in [2.45, 2.75) is 33.2 Å². The summed E-state index contributed by atoms with van der Waals surface area (Å²) in [6.07, 6.45) is 4.88. The lowest BCUT2D eigenvalue weighted by molar-refractivity contribution is -0.149. The summed E-state index contributed by atoms with van der Waals surface area (Å²) in [6.45, 7) is 6.00. The smallest absolute Gasteiger partial charge is 0.309 e. The molecule has 0 spiro atoms. The van der Waals surface area contributed by atoms with Gasteiger partial charge in [0.05, 0.1) is 18.2 Å². The highest BCUT2D eigenvalue weighted by Gasteiger charge is 2.27. The minimum Gasteiger partial charge on any atom is -0.466 e. The number of imidazole rings is 1. The van der Waals surface area contributed by atoms with Crippen molar-refractivity contribution < 1.29 is 13.9 Å². The van der Waals surface area contributed by atoms with Crippen molar-refractivity contribution in [3.8, 4) is 5.69 Å². The number of esters is 1. The Morgan fingerprint density at radius 1 is 1.37 bits per heavy atom. The van der Waals surface area contributed by atoms with Crippen LogP contribution in [-0.4, -0.2) is 53.1 Å². The van der Waals surface area contributed by atoms with Crippen molar-refractivity contribution in [2.24, 2.45) is 10.9 Å². The standard InChI is InChI=1S/C21H28FN5O2.HI/c1-4-29-20(28)17-7-10-26(11-8-17)21(23-3)25-14-16-5-6-19(18(22)13-16)27-12-9-24-15(27)2;/h5-6,9,12-13,17H,4,7-8,10-11,14H2,1-3H3,(H,23,25);1H. The Labute approximate surface area is 193 Å². The zero-order chi connectivity index (χ0) is 20.8. The van der Waals surface area contributed by atoms with Gasteiger partial charge in [-0.3, -0.25) is 9.79 Å². The van der Waals surface area contributed by atoms with E-state index < -0.39 is 0 Å². The number of rotatable bonds is 5. The minimum absolute atomic E-state index is 0. The zero-order valence-electron chi connectivity index (χ0n) is 17.6. The van der Waals surface area contributed by atoms with Gasteiger partial charge in [0, 0.05) is 39.1 Å². The maximum Gasteiger partial charge on any atom is 0.309 e. The van der Waals surface area contributed by atoms with Crippen LogP contribution in [0.1, 0.15) is 31.2 Å². The highest BCUT2D eigenvalue weighted by atomic mass is 127. The summed E-state index contributed by atoms with van der Waals surface area (Å²) in [5, 5.41) is 3.29. The molecule has 0 unspecified atom stereocenters. The Balaban J connectivity index is 0.00000320. The summed E-state index contributed by atoms with van der Waals surface area (Å²) in [5.74, 6) is 1.04. The lowest BCUT2D eigenvalue weighted by atomic mass is 9.97. The van der Waals surface area contributed by atoms with Gasteiger partial charge in [-0.25, -0.2) is 9.37 Å². The molecular weight excluding hydrogens is 500 g/mol. The van der Waals surface area contributed by atoms with E-state index in [1.165, 1.54) is 6.07 Å². The van der Waals surface area contributed by atoms with Crippen molar-refractivity contribution in [3.05, 3.63) is 47.8 Å². The summed E-state index contributed by atoms with van der Waals surface area (Å²) in [5.41, 5.74) is 1.31. The van der Waals surface area contributed by atoms with Crippen LogP contribution in [0.4, 0.5) is 4.39 Å². The first-order chi connectivity index (χ1) is 14.0. The number of aromatic nitrogens is 2. The summed E-state index contributed by atoms with van der Waals surface area (Å²) in [6, 6.07) is 5.18. The highest BCUT2D eigenvalue weighted by Crippen LogP contribution is 2.19. The predicted octanol–water partition coefficient (Wildman–Crippen LogP) is 3.29. The maximum atomic E-state index is 14.6. The molecule has 2 aromatic rings. The summed E-state index contributed by atoms with van der Waals surface area (Å²) in [4.78, 5) is 22.5. The van der Waals surface area contributed by atoms with Gasteiger partial charge in [-0.05, 0) is 44.4 Å². The van der Waals surface area contributed by atoms with Crippen molar-refractivity contribution in [2.75, 3.05) is 26.7 Å². The highest BCUT2D eigenvalue weighted by molar-refractivity contribution is 14.0. The molecule has 164 valence electrons. The maximum absolute atomic E-state index is 14.6. The van der Waals surface area contributed by atoms with Gasteiger partial charge < -0.3 is 19.5 Å². The first kappa shape index (κ1) is 24.1. The molecule has 9 heteroatoms. The lowest BCUT2D eigenvalue weighted by Crippen LogP contribution is -2.46. The normalized spacial score (nSPS) is 14.9. The number of piperidine rings is 1. The molecule has 3 rings (SSSR count). The summed E-state index contributed by atoms with van der Waals surface area (Å²) in [7, 11) is 1.73. The molecule has 1 N–H and O–H groups in total. The van der Waals surface area contributed by atoms with Gasteiger partial charge in [-0.2, -0.15) is 0 Å². The minimum atomic E-state index is -0.296. The number of benzene rings is 1. The number of carbonyl (C=O) groups excluding carboxylic acids is 1. The number of carbonyl (C=O) groups is 1. The largest absolute Gasteiger partial charge is 0.466 e. The van der Waals surface area contributed by atoms with Gasteiger partial charge in [0.2, 0.25) is 0 Å². The van der Waals surface area contributed by atoms with Crippen molar-refractivity contribution in [1.82, 2.24) is 19.8 Å². The number of nitrogens with one attached hydrogen (secondary N) is 1. The number of hydrogen-bond donors (Lipinski definition) is 1. The summed E-state index contributed by atoms with van der Waals surface area (Å²) >= 11 is 0. The summed E-state index contributed by atoms with van der Waals surface area (Å²) < 4.78 is 21.4. The quantitative estimate of drug-likeness (QED) is 0.279. The van der Waals surface area contributed by atoms with E-state index in [0.29, 0.717) is 18.8 Å². The van der Waals surface area contributed by atoms with Crippen LogP contribution in [0, 0.1) is 18.7 Å². The van der Waals surface area contributed by atoms with Gasteiger partial charge in [0.25, 0.3) is 0 Å². The van der Waals surface area contributed by atoms with Gasteiger partial charge in [0.15, 0.2) is 5.96 Å². The fourth-order valence-corrected chi connectivity index (χ4v) is 3.59. The van der Waals surface area contributed by atoms with E-state index in [-0.39, 0.29) is 41.7 Å². The van der Waals surface area contributed by atoms with Crippen LogP contribution in [0.5, 0.6) is 0 Å². The fourth-order valence-electron chi connectivity index (χ4n) is 3.59. The van der Waals surface area contributed by atoms with E-state index >= 15 is 0 Å². The van der Waals surface area contributed by atoms with Crippen molar-refractivity contribution in [1.29, 1.82) is 0 Å². The SMILES string of the molecule is CCOC(=O)C1CCN(C(=NC)NCc2ccc(-n3ccnc3C)c(F)c2)CC1.I. The van der Waals surface area contributed by atoms with E-state index in [4.69, 9.17) is 4.74 Å². The first-order valence-electron chi connectivity index (χ1n) is 9.94. The monoisotopic (exact) mass is 529 g/mol. The Hall–Kier alpha value is -2.17. The number of ether oxygens (including phenoxy) is 1. The molecule has 0 radical (unpaired) electrons. The molecule has 1 saturated heterocycles. The Morgan fingerprint density at radius 3 is 2.67 bits per heavy atom. The van der Waals surface area contributed by atoms with E-state index in [2.05, 4.69) is 20.2 Å². The van der Waals surface area contributed by atoms with Gasteiger partial charge in [-0.1, -0.05) is 6.07 Å². The van der Waals surface area contributed by atoms with Crippen LogP contribution in [0.15, 0.2) is 35.6 Å². The molecule has 0 atom stereocenters. The topological polar surface area (TPSA) is 71.8 Å². The second kappa shape index (κ2) is 11.3. The molecule has 1 fully saturated rings. The van der Waals surface area contributed by atoms with Crippen LogP contribution in [-0.2, 0) is 16.1 Å². The van der Waals surface area contributed by atoms with Crippen molar-refractivity contribution >= 4 is 35.9 Å². The molecular formula is C21H29FIN5O2. The number of halogens is 2. The molecule has 0 saturated carbocycles. The fraction of sp³-hybridized carbons (Fsp3) is 0.476. The number of aliphatic imine (C=N–C) groups is 1. The van der Waals surface area contributed by atoms with E-state index in [0.717, 1.165) is 43.3 Å². The average molecular weight is 529 g/mol. The van der Waals surface area contributed by atoms with E-state index in [9.17, 15) is 9.18 Å². The number of guanidine groups is 1.